The molecule has 0 saturated carbocycles. The lowest BCUT2D eigenvalue weighted by Crippen LogP contribution is -2.30. The summed E-state index contributed by atoms with van der Waals surface area (Å²) in [6.07, 6.45) is 0. The zero-order valence-corrected chi connectivity index (χ0v) is 11.0. The van der Waals surface area contributed by atoms with Gasteiger partial charge in [-0.15, -0.1) is 0 Å². The lowest BCUT2D eigenvalue weighted by atomic mass is 9.82. The van der Waals surface area contributed by atoms with Gasteiger partial charge in [-0.3, -0.25) is 0 Å². The molecule has 0 bridgehead atoms. The Labute approximate surface area is 106 Å². The van der Waals surface area contributed by atoms with E-state index < -0.39 is 5.41 Å². The molecule has 0 saturated heterocycles. The van der Waals surface area contributed by atoms with E-state index in [1.165, 1.54) is 0 Å². The molecule has 0 aliphatic rings. The zero-order valence-electron chi connectivity index (χ0n) is 9.51. The molecule has 0 spiro atoms. The van der Waals surface area contributed by atoms with Crippen LogP contribution in [0.1, 0.15) is 25.5 Å². The van der Waals surface area contributed by atoms with Crippen LogP contribution >= 0.6 is 23.2 Å². The second kappa shape index (κ2) is 5.05. The molecular weight excluding hydrogens is 243 g/mol. The predicted molar refractivity (Wildman–Crippen MR) is 67.7 cm³/mol. The average molecular weight is 257 g/mol. The van der Waals surface area contributed by atoms with Crippen molar-refractivity contribution in [3.8, 4) is 6.07 Å². The minimum Gasteiger partial charge on any atom is -0.312 e. The van der Waals surface area contributed by atoms with Crippen LogP contribution in [0.2, 0.25) is 10.0 Å². The summed E-state index contributed by atoms with van der Waals surface area (Å²) >= 11 is 11.8. The SMILES string of the molecule is CNC(c1ccc(Cl)c(Cl)c1)C(C)(C)C#N. The molecule has 4 heteroatoms. The Bertz CT molecular complexity index is 422. The Balaban J connectivity index is 3.15. The van der Waals surface area contributed by atoms with E-state index in [-0.39, 0.29) is 6.04 Å². The Morgan fingerprint density at radius 2 is 1.94 bits per heavy atom. The number of nitriles is 1. The van der Waals surface area contributed by atoms with Gasteiger partial charge >= 0.3 is 0 Å². The number of halogens is 2. The molecule has 0 heterocycles. The number of nitrogens with one attached hydrogen (secondary N) is 1. The molecule has 0 fully saturated rings. The summed E-state index contributed by atoms with van der Waals surface area (Å²) in [6.45, 7) is 3.77. The normalized spacial score (nSPS) is 13.2. The maximum Gasteiger partial charge on any atom is 0.0712 e. The topological polar surface area (TPSA) is 35.8 Å². The summed E-state index contributed by atoms with van der Waals surface area (Å²) in [4.78, 5) is 0. The van der Waals surface area contributed by atoms with Crippen LogP contribution in [-0.2, 0) is 0 Å². The summed E-state index contributed by atoms with van der Waals surface area (Å²) in [5.74, 6) is 0. The summed E-state index contributed by atoms with van der Waals surface area (Å²) in [7, 11) is 1.83. The van der Waals surface area contributed by atoms with Gasteiger partial charge in [0.2, 0.25) is 0 Å². The summed E-state index contributed by atoms with van der Waals surface area (Å²) < 4.78 is 0. The van der Waals surface area contributed by atoms with E-state index in [9.17, 15) is 0 Å². The fourth-order valence-corrected chi connectivity index (χ4v) is 2.01. The molecule has 1 aromatic carbocycles. The van der Waals surface area contributed by atoms with Crippen LogP contribution in [0.15, 0.2) is 18.2 Å². The fourth-order valence-electron chi connectivity index (χ4n) is 1.70. The fraction of sp³-hybridized carbons (Fsp3) is 0.417. The van der Waals surface area contributed by atoms with Gasteiger partial charge in [0.05, 0.1) is 27.6 Å². The number of nitrogens with zero attached hydrogens (tertiary/aromatic N) is 1. The summed E-state index contributed by atoms with van der Waals surface area (Å²) in [5.41, 5.74) is 0.454. The van der Waals surface area contributed by atoms with E-state index in [4.69, 9.17) is 28.5 Å². The minimum atomic E-state index is -0.508. The number of benzene rings is 1. The van der Waals surface area contributed by atoms with Crippen molar-refractivity contribution in [3.63, 3.8) is 0 Å². The molecule has 1 aromatic rings. The molecule has 0 radical (unpaired) electrons. The maximum absolute atomic E-state index is 9.13. The minimum absolute atomic E-state index is 0.0766. The maximum atomic E-state index is 9.13. The first-order chi connectivity index (χ1) is 7.42. The Hall–Kier alpha value is -0.750. The van der Waals surface area contributed by atoms with Gasteiger partial charge in [-0.05, 0) is 38.6 Å². The summed E-state index contributed by atoms with van der Waals surface area (Å²) in [5, 5.41) is 13.3. The van der Waals surface area contributed by atoms with Gasteiger partial charge in [0, 0.05) is 0 Å². The van der Waals surface area contributed by atoms with Crippen molar-refractivity contribution >= 4 is 23.2 Å². The highest BCUT2D eigenvalue weighted by atomic mass is 35.5. The van der Waals surface area contributed by atoms with Crippen molar-refractivity contribution in [2.24, 2.45) is 5.41 Å². The molecule has 1 atom stereocenters. The Kier molecular flexibility index (Phi) is 4.21. The van der Waals surface area contributed by atoms with Crippen molar-refractivity contribution < 1.29 is 0 Å². The zero-order chi connectivity index (χ0) is 12.3. The Morgan fingerprint density at radius 3 is 2.38 bits per heavy atom. The Morgan fingerprint density at radius 1 is 1.31 bits per heavy atom. The summed E-state index contributed by atoms with van der Waals surface area (Å²) in [6, 6.07) is 7.64. The number of hydrogen-bond donors (Lipinski definition) is 1. The standard InChI is InChI=1S/C12H14Cl2N2/c1-12(2,7-15)11(16-3)8-4-5-9(13)10(14)6-8/h4-6,11,16H,1-3H3. The van der Waals surface area contributed by atoms with Crippen LogP contribution in [0.5, 0.6) is 0 Å². The van der Waals surface area contributed by atoms with Crippen molar-refractivity contribution in [2.75, 3.05) is 7.05 Å². The van der Waals surface area contributed by atoms with Crippen molar-refractivity contribution in [1.29, 1.82) is 5.26 Å². The van der Waals surface area contributed by atoms with Crippen molar-refractivity contribution in [3.05, 3.63) is 33.8 Å². The van der Waals surface area contributed by atoms with Crippen LogP contribution in [-0.4, -0.2) is 7.05 Å². The van der Waals surface area contributed by atoms with Crippen LogP contribution in [0.4, 0.5) is 0 Å². The van der Waals surface area contributed by atoms with Crippen molar-refractivity contribution in [1.82, 2.24) is 5.32 Å². The molecule has 86 valence electrons. The van der Waals surface area contributed by atoms with E-state index in [0.29, 0.717) is 10.0 Å². The van der Waals surface area contributed by atoms with E-state index in [1.54, 1.807) is 12.1 Å². The second-order valence-electron chi connectivity index (χ2n) is 4.23. The first kappa shape index (κ1) is 13.3. The van der Waals surface area contributed by atoms with Crippen LogP contribution in [0, 0.1) is 16.7 Å². The molecule has 2 nitrogen and oxygen atoms in total. The van der Waals surface area contributed by atoms with Gasteiger partial charge in [-0.2, -0.15) is 5.26 Å². The largest absolute Gasteiger partial charge is 0.312 e. The third-order valence-electron chi connectivity index (χ3n) is 2.58. The van der Waals surface area contributed by atoms with E-state index in [2.05, 4.69) is 11.4 Å². The number of rotatable bonds is 3. The molecule has 1 unspecified atom stereocenters. The first-order valence-electron chi connectivity index (χ1n) is 4.96. The molecule has 0 aliphatic carbocycles. The van der Waals surface area contributed by atoms with Crippen molar-refractivity contribution in [2.45, 2.75) is 19.9 Å². The van der Waals surface area contributed by atoms with Crippen LogP contribution in [0.25, 0.3) is 0 Å². The molecule has 1 N–H and O–H groups in total. The average Bonchev–Trinajstić information content (AvgIpc) is 2.24. The quantitative estimate of drug-likeness (QED) is 0.893. The first-order valence-corrected chi connectivity index (χ1v) is 5.71. The number of hydrogen-bond acceptors (Lipinski definition) is 2. The van der Waals surface area contributed by atoms with E-state index in [0.717, 1.165) is 5.56 Å². The monoisotopic (exact) mass is 256 g/mol. The second-order valence-corrected chi connectivity index (χ2v) is 5.04. The predicted octanol–water partition coefficient (Wildman–Crippen LogP) is 3.80. The highest BCUT2D eigenvalue weighted by Crippen LogP contribution is 2.34. The molecule has 0 amide bonds. The third kappa shape index (κ3) is 2.68. The van der Waals surface area contributed by atoms with Crippen LogP contribution in [0.3, 0.4) is 0 Å². The van der Waals surface area contributed by atoms with E-state index >= 15 is 0 Å². The van der Waals surface area contributed by atoms with Gasteiger partial charge in [0.15, 0.2) is 0 Å². The van der Waals surface area contributed by atoms with E-state index in [1.807, 2.05) is 27.0 Å². The lowest BCUT2D eigenvalue weighted by molar-refractivity contribution is 0.344. The van der Waals surface area contributed by atoms with Gasteiger partial charge in [0.1, 0.15) is 0 Å². The van der Waals surface area contributed by atoms with Gasteiger partial charge < -0.3 is 5.32 Å². The smallest absolute Gasteiger partial charge is 0.0712 e. The van der Waals surface area contributed by atoms with Crippen LogP contribution < -0.4 is 5.32 Å². The molecule has 0 aliphatic heterocycles. The molecule has 0 aromatic heterocycles. The highest BCUT2D eigenvalue weighted by molar-refractivity contribution is 6.42. The highest BCUT2D eigenvalue weighted by Gasteiger charge is 2.29. The molecule has 16 heavy (non-hydrogen) atoms. The lowest BCUT2D eigenvalue weighted by Gasteiger charge is -2.28. The molecule has 1 rings (SSSR count). The third-order valence-corrected chi connectivity index (χ3v) is 3.31. The van der Waals surface area contributed by atoms with Gasteiger partial charge in [-0.1, -0.05) is 29.3 Å². The molecular formula is C12H14Cl2N2. The van der Waals surface area contributed by atoms with Gasteiger partial charge in [0.25, 0.3) is 0 Å². The van der Waals surface area contributed by atoms with Gasteiger partial charge in [-0.25, -0.2) is 0 Å².